The van der Waals surface area contributed by atoms with E-state index in [4.69, 9.17) is 15.0 Å². The van der Waals surface area contributed by atoms with Crippen LogP contribution in [0, 0.1) is 11.3 Å². The number of nitrogens with zero attached hydrogens (tertiary/aromatic N) is 4. The molecule has 0 N–H and O–H groups in total. The molecular weight excluding hydrogens is 897 g/mol. The molecule has 0 atom stereocenters. The van der Waals surface area contributed by atoms with E-state index in [1.165, 1.54) is 60.1 Å². The fourth-order valence-corrected chi connectivity index (χ4v) is 11.1. The second kappa shape index (κ2) is 17.6. The van der Waals surface area contributed by atoms with Gasteiger partial charge in [-0.15, -0.1) is 0 Å². The van der Waals surface area contributed by atoms with E-state index >= 15 is 0 Å². The lowest BCUT2D eigenvalue weighted by atomic mass is 9.89. The lowest BCUT2D eigenvalue weighted by Crippen LogP contribution is -2.00. The Kier molecular flexibility index (Phi) is 10.2. The molecule has 12 aromatic carbocycles. The number of aromatic nitrogens is 3. The Hall–Kier alpha value is -10.1. The SMILES string of the molecule is N#Cc1cc(-c2cccc(-c3cc4ccccc4c4ccccc34)c2)cc(-c2ccccc2-c2cccc(-c3nc(-c4ccccc4)nc(-c4ccc(-c5ccc6c(c5)-c5cccc7cccc-6c57)cc4)n3)c2)c1. The van der Waals surface area contributed by atoms with E-state index in [-0.39, 0.29) is 0 Å². The van der Waals surface area contributed by atoms with E-state index in [0.717, 1.165) is 66.8 Å². The highest BCUT2D eigenvalue weighted by Crippen LogP contribution is 2.48. The molecule has 1 aliphatic rings. The van der Waals surface area contributed by atoms with Gasteiger partial charge in [-0.2, -0.15) is 5.26 Å². The van der Waals surface area contributed by atoms with Crippen LogP contribution in [-0.4, -0.2) is 15.0 Å². The average Bonchev–Trinajstić information content (AvgIpc) is 3.80. The van der Waals surface area contributed by atoms with E-state index in [1.54, 1.807) is 0 Å². The van der Waals surface area contributed by atoms with Gasteiger partial charge in [0.1, 0.15) is 0 Å². The molecule has 0 unspecified atom stereocenters. The average molecular weight is 939 g/mol. The molecule has 0 fully saturated rings. The van der Waals surface area contributed by atoms with Gasteiger partial charge in [-0.3, -0.25) is 0 Å². The third-order valence-electron chi connectivity index (χ3n) is 14.7. The number of hydrogen-bond donors (Lipinski definition) is 0. The van der Waals surface area contributed by atoms with E-state index in [1.807, 2.05) is 42.5 Å². The molecule has 342 valence electrons. The molecule has 4 heteroatoms. The van der Waals surface area contributed by atoms with Gasteiger partial charge in [0, 0.05) is 16.7 Å². The van der Waals surface area contributed by atoms with Gasteiger partial charge in [0.15, 0.2) is 17.5 Å². The second-order valence-corrected chi connectivity index (χ2v) is 19.0. The summed E-state index contributed by atoms with van der Waals surface area (Å²) in [4.78, 5) is 15.4. The molecule has 0 amide bonds. The van der Waals surface area contributed by atoms with Gasteiger partial charge in [0.2, 0.25) is 0 Å². The number of hydrogen-bond acceptors (Lipinski definition) is 4. The zero-order valence-electron chi connectivity index (χ0n) is 40.0. The number of nitriles is 1. The summed E-state index contributed by atoms with van der Waals surface area (Å²) < 4.78 is 0. The van der Waals surface area contributed by atoms with E-state index in [0.29, 0.717) is 23.0 Å². The Balaban J connectivity index is 0.816. The lowest BCUT2D eigenvalue weighted by Gasteiger charge is -2.15. The van der Waals surface area contributed by atoms with Crippen LogP contribution in [0.5, 0.6) is 0 Å². The first-order valence-electron chi connectivity index (χ1n) is 25.0. The van der Waals surface area contributed by atoms with Crippen LogP contribution in [0.2, 0.25) is 0 Å². The van der Waals surface area contributed by atoms with Crippen molar-refractivity contribution in [2.45, 2.75) is 0 Å². The van der Waals surface area contributed by atoms with Crippen LogP contribution in [0.3, 0.4) is 0 Å². The maximum atomic E-state index is 10.5. The summed E-state index contributed by atoms with van der Waals surface area (Å²) in [6.07, 6.45) is 0. The van der Waals surface area contributed by atoms with Crippen LogP contribution in [0.25, 0.3) is 144 Å². The first-order valence-corrected chi connectivity index (χ1v) is 25.0. The van der Waals surface area contributed by atoms with Crippen LogP contribution < -0.4 is 0 Å². The molecule has 74 heavy (non-hydrogen) atoms. The minimum absolute atomic E-state index is 0.581. The highest BCUT2D eigenvalue weighted by atomic mass is 15.0. The maximum absolute atomic E-state index is 10.5. The van der Waals surface area contributed by atoms with E-state index in [2.05, 4.69) is 218 Å². The van der Waals surface area contributed by atoms with E-state index in [9.17, 15) is 5.26 Å². The van der Waals surface area contributed by atoms with Crippen molar-refractivity contribution in [3.8, 4) is 118 Å². The fourth-order valence-electron chi connectivity index (χ4n) is 11.1. The summed E-state index contributed by atoms with van der Waals surface area (Å²) in [6, 6.07) is 92.3. The maximum Gasteiger partial charge on any atom is 0.164 e. The highest BCUT2D eigenvalue weighted by Gasteiger charge is 2.22. The Bertz CT molecular complexity index is 4430. The Morgan fingerprint density at radius 1 is 0.243 bits per heavy atom. The fraction of sp³-hybridized carbons (Fsp3) is 0. The van der Waals surface area contributed by atoms with Gasteiger partial charge in [-0.1, -0.05) is 212 Å². The van der Waals surface area contributed by atoms with Crippen molar-refractivity contribution in [2.24, 2.45) is 0 Å². The van der Waals surface area contributed by atoms with Crippen molar-refractivity contribution in [1.82, 2.24) is 15.0 Å². The predicted molar refractivity (Wildman–Crippen MR) is 305 cm³/mol. The first kappa shape index (κ1) is 42.8. The minimum Gasteiger partial charge on any atom is -0.208 e. The Morgan fingerprint density at radius 2 is 0.716 bits per heavy atom. The summed E-state index contributed by atoms with van der Waals surface area (Å²) in [6.45, 7) is 0. The van der Waals surface area contributed by atoms with Crippen LogP contribution in [0.15, 0.2) is 255 Å². The van der Waals surface area contributed by atoms with Crippen molar-refractivity contribution >= 4 is 32.3 Å². The Labute approximate surface area is 428 Å². The molecule has 0 saturated carbocycles. The van der Waals surface area contributed by atoms with Crippen LogP contribution >= 0.6 is 0 Å². The normalized spacial score (nSPS) is 11.5. The highest BCUT2D eigenvalue weighted by molar-refractivity contribution is 6.16. The zero-order valence-corrected chi connectivity index (χ0v) is 40.0. The standard InChI is InChI=1S/C70H42N4/c71-43-44-36-55(49-19-10-21-52(38-49)65-42-53-16-4-5-24-58(53)60-26-8-9-27-61(60)65)40-56(37-44)59-25-7-6-23-57(59)51-20-11-22-54(39-51)70-73-68(47-14-2-1-3-15-47)72-69(74-70)48-32-30-45(31-33-48)50-34-35-62-63-28-12-17-46-18-13-29-64(67(46)63)66(62)41-50/h1-42H. The van der Waals surface area contributed by atoms with Gasteiger partial charge in [0.25, 0.3) is 0 Å². The number of benzene rings is 12. The second-order valence-electron chi connectivity index (χ2n) is 19.0. The molecule has 1 aliphatic carbocycles. The molecule has 1 heterocycles. The molecule has 0 spiro atoms. The topological polar surface area (TPSA) is 62.5 Å². The van der Waals surface area contributed by atoms with Gasteiger partial charge >= 0.3 is 0 Å². The van der Waals surface area contributed by atoms with Crippen molar-refractivity contribution in [1.29, 1.82) is 5.26 Å². The molecular formula is C70H42N4. The summed E-state index contributed by atoms with van der Waals surface area (Å²) in [5.41, 5.74) is 19.0. The summed E-state index contributed by atoms with van der Waals surface area (Å²) in [7, 11) is 0. The van der Waals surface area contributed by atoms with Crippen molar-refractivity contribution in [3.63, 3.8) is 0 Å². The Morgan fingerprint density at radius 3 is 1.47 bits per heavy atom. The number of rotatable bonds is 8. The molecule has 0 aliphatic heterocycles. The molecule has 0 saturated heterocycles. The molecule has 4 nitrogen and oxygen atoms in total. The zero-order chi connectivity index (χ0) is 49.1. The largest absolute Gasteiger partial charge is 0.208 e. The van der Waals surface area contributed by atoms with Crippen molar-refractivity contribution < 1.29 is 0 Å². The smallest absolute Gasteiger partial charge is 0.164 e. The van der Waals surface area contributed by atoms with Crippen molar-refractivity contribution in [2.75, 3.05) is 0 Å². The minimum atomic E-state index is 0.581. The molecule has 13 aromatic rings. The van der Waals surface area contributed by atoms with Crippen LogP contribution in [0.1, 0.15) is 5.56 Å². The van der Waals surface area contributed by atoms with Crippen LogP contribution in [0.4, 0.5) is 0 Å². The van der Waals surface area contributed by atoms with Crippen LogP contribution in [-0.2, 0) is 0 Å². The van der Waals surface area contributed by atoms with E-state index < -0.39 is 0 Å². The van der Waals surface area contributed by atoms with Gasteiger partial charge in [-0.05, 0) is 153 Å². The summed E-state index contributed by atoms with van der Waals surface area (Å²) >= 11 is 0. The summed E-state index contributed by atoms with van der Waals surface area (Å²) in [5, 5.41) is 18.0. The first-order chi connectivity index (χ1) is 36.6. The molecule has 0 bridgehead atoms. The monoisotopic (exact) mass is 938 g/mol. The number of fused-ring (bicyclic) bond motifs is 6. The molecule has 0 radical (unpaired) electrons. The quantitative estimate of drug-likeness (QED) is 0.142. The van der Waals surface area contributed by atoms with Gasteiger partial charge in [0.05, 0.1) is 11.6 Å². The molecule has 14 rings (SSSR count). The van der Waals surface area contributed by atoms with Gasteiger partial charge in [-0.25, -0.2) is 15.0 Å². The predicted octanol–water partition coefficient (Wildman–Crippen LogP) is 18.2. The summed E-state index contributed by atoms with van der Waals surface area (Å²) in [5.74, 6) is 1.78. The van der Waals surface area contributed by atoms with Gasteiger partial charge < -0.3 is 0 Å². The lowest BCUT2D eigenvalue weighted by molar-refractivity contribution is 1.07. The third-order valence-corrected chi connectivity index (χ3v) is 14.7. The molecule has 1 aromatic heterocycles. The third kappa shape index (κ3) is 7.43. The van der Waals surface area contributed by atoms with Crippen molar-refractivity contribution in [3.05, 3.63) is 260 Å².